The van der Waals surface area contributed by atoms with Gasteiger partial charge >= 0.3 is 5.97 Å². The van der Waals surface area contributed by atoms with E-state index in [9.17, 15) is 13.2 Å². The second-order valence-electron chi connectivity index (χ2n) is 6.66. The number of esters is 1. The first-order valence-corrected chi connectivity index (χ1v) is 8.31. The van der Waals surface area contributed by atoms with E-state index in [-0.39, 0.29) is 23.6 Å². The van der Waals surface area contributed by atoms with Crippen LogP contribution in [0.1, 0.15) is 52.9 Å². The lowest BCUT2D eigenvalue weighted by molar-refractivity contribution is -0.142. The highest BCUT2D eigenvalue weighted by molar-refractivity contribution is 7.89. The molecule has 6 heteroatoms. The van der Waals surface area contributed by atoms with E-state index in [4.69, 9.17) is 0 Å². The van der Waals surface area contributed by atoms with Crippen LogP contribution < -0.4 is 4.72 Å². The Balaban J connectivity index is 2.81. The van der Waals surface area contributed by atoms with Crippen LogP contribution in [0.25, 0.3) is 0 Å². The normalized spacial score (nSPS) is 19.4. The van der Waals surface area contributed by atoms with Gasteiger partial charge in [-0.15, -0.1) is 0 Å². The highest BCUT2D eigenvalue weighted by Gasteiger charge is 2.40. The lowest BCUT2D eigenvalue weighted by Crippen LogP contribution is -2.49. The average Bonchev–Trinajstić information content (AvgIpc) is 2.61. The fourth-order valence-electron chi connectivity index (χ4n) is 2.65. The molecule has 0 spiro atoms. The van der Waals surface area contributed by atoms with Gasteiger partial charge in [0.15, 0.2) is 0 Å². The molecular weight excluding hydrogens is 266 g/mol. The van der Waals surface area contributed by atoms with Crippen LogP contribution in [0.4, 0.5) is 0 Å². The van der Waals surface area contributed by atoms with Gasteiger partial charge in [-0.2, -0.15) is 0 Å². The maximum absolute atomic E-state index is 12.2. The van der Waals surface area contributed by atoms with Crippen molar-refractivity contribution < 1.29 is 17.9 Å². The van der Waals surface area contributed by atoms with Gasteiger partial charge in [-0.1, -0.05) is 33.6 Å². The summed E-state index contributed by atoms with van der Waals surface area (Å²) < 4.78 is 31.9. The summed E-state index contributed by atoms with van der Waals surface area (Å²) in [7, 11) is -2.06. The molecule has 5 nitrogen and oxygen atoms in total. The summed E-state index contributed by atoms with van der Waals surface area (Å²) in [5.41, 5.74) is -0.950. The number of ether oxygens (including phenoxy) is 1. The molecule has 0 aromatic rings. The Hall–Kier alpha value is -0.620. The van der Waals surface area contributed by atoms with Crippen LogP contribution >= 0.6 is 0 Å². The summed E-state index contributed by atoms with van der Waals surface area (Å²) in [5.74, 6) is -0.302. The van der Waals surface area contributed by atoms with Gasteiger partial charge in [0.05, 0.1) is 19.3 Å². The molecule has 1 saturated carbocycles. The quantitative estimate of drug-likeness (QED) is 0.784. The first-order valence-electron chi connectivity index (χ1n) is 6.66. The van der Waals surface area contributed by atoms with Crippen LogP contribution in [0.3, 0.4) is 0 Å². The van der Waals surface area contributed by atoms with Gasteiger partial charge in [0.1, 0.15) is 0 Å². The van der Waals surface area contributed by atoms with Gasteiger partial charge < -0.3 is 4.74 Å². The third-order valence-corrected chi connectivity index (χ3v) is 5.26. The molecule has 0 unspecified atom stereocenters. The van der Waals surface area contributed by atoms with Gasteiger partial charge in [0.2, 0.25) is 10.0 Å². The Morgan fingerprint density at radius 2 is 1.79 bits per heavy atom. The van der Waals surface area contributed by atoms with Crippen molar-refractivity contribution in [1.82, 2.24) is 4.72 Å². The van der Waals surface area contributed by atoms with Crippen LogP contribution in [-0.2, 0) is 19.6 Å². The Labute approximate surface area is 116 Å². The van der Waals surface area contributed by atoms with E-state index < -0.39 is 15.6 Å². The largest absolute Gasteiger partial charge is 0.469 e. The molecule has 0 saturated heterocycles. The smallest absolute Gasteiger partial charge is 0.307 e. The molecule has 19 heavy (non-hydrogen) atoms. The predicted octanol–water partition coefficient (Wildman–Crippen LogP) is 1.83. The van der Waals surface area contributed by atoms with E-state index in [1.54, 1.807) is 0 Å². The van der Waals surface area contributed by atoms with Crippen molar-refractivity contribution in [3.05, 3.63) is 0 Å². The van der Waals surface area contributed by atoms with Gasteiger partial charge in [-0.05, 0) is 18.3 Å². The highest BCUT2D eigenvalue weighted by atomic mass is 32.2. The molecule has 1 rings (SSSR count). The summed E-state index contributed by atoms with van der Waals surface area (Å²) in [6, 6.07) is 0. The summed E-state index contributed by atoms with van der Waals surface area (Å²) in [4.78, 5) is 11.5. The van der Waals surface area contributed by atoms with Crippen molar-refractivity contribution >= 4 is 16.0 Å². The number of sulfonamides is 1. The van der Waals surface area contributed by atoms with Crippen LogP contribution in [0.5, 0.6) is 0 Å². The van der Waals surface area contributed by atoms with E-state index >= 15 is 0 Å². The molecule has 1 aliphatic rings. The second kappa shape index (κ2) is 5.79. The number of carbonyl (C=O) groups excluding carboxylic acids is 1. The molecule has 0 amide bonds. The van der Waals surface area contributed by atoms with Gasteiger partial charge in [0.25, 0.3) is 0 Å². The molecule has 0 atom stereocenters. The molecule has 1 fully saturated rings. The molecular formula is C13H25NO4S. The van der Waals surface area contributed by atoms with Crippen molar-refractivity contribution in [2.45, 2.75) is 58.4 Å². The minimum atomic E-state index is -3.39. The zero-order chi connectivity index (χ0) is 14.7. The molecule has 1 N–H and O–H groups in total. The number of nitrogens with one attached hydrogen (secondary N) is 1. The SMILES string of the molecule is COC(=O)CC1(NS(=O)(=O)CC(C)(C)C)CCCC1. The molecule has 0 aromatic heterocycles. The predicted molar refractivity (Wildman–Crippen MR) is 74.2 cm³/mol. The van der Waals surface area contributed by atoms with Crippen molar-refractivity contribution in [2.24, 2.45) is 5.41 Å². The Kier molecular flexibility index (Phi) is 5.01. The third-order valence-electron chi connectivity index (χ3n) is 3.27. The van der Waals surface area contributed by atoms with Crippen LogP contribution in [0, 0.1) is 5.41 Å². The Morgan fingerprint density at radius 3 is 2.21 bits per heavy atom. The molecule has 1 aliphatic carbocycles. The highest BCUT2D eigenvalue weighted by Crippen LogP contribution is 2.34. The summed E-state index contributed by atoms with van der Waals surface area (Å²) in [5, 5.41) is 0. The van der Waals surface area contributed by atoms with Crippen molar-refractivity contribution in [3.8, 4) is 0 Å². The average molecular weight is 291 g/mol. The lowest BCUT2D eigenvalue weighted by Gasteiger charge is -2.30. The molecule has 0 aromatic carbocycles. The maximum Gasteiger partial charge on any atom is 0.307 e. The van der Waals surface area contributed by atoms with E-state index in [1.807, 2.05) is 20.8 Å². The standard InChI is InChI=1S/C13H25NO4S/c1-12(2,3)10-19(16,17)14-13(7-5-6-8-13)9-11(15)18-4/h14H,5-10H2,1-4H3. The van der Waals surface area contributed by atoms with Crippen molar-refractivity contribution in [2.75, 3.05) is 12.9 Å². The van der Waals surface area contributed by atoms with E-state index in [0.717, 1.165) is 12.8 Å². The first-order chi connectivity index (χ1) is 8.58. The summed E-state index contributed by atoms with van der Waals surface area (Å²) in [6.07, 6.45) is 3.40. The van der Waals surface area contributed by atoms with Crippen LogP contribution in [-0.4, -0.2) is 32.8 Å². The topological polar surface area (TPSA) is 72.5 Å². The zero-order valence-corrected chi connectivity index (χ0v) is 13.1. The fourth-order valence-corrected chi connectivity index (χ4v) is 4.80. The first kappa shape index (κ1) is 16.4. The van der Waals surface area contributed by atoms with Crippen molar-refractivity contribution in [1.29, 1.82) is 0 Å². The lowest BCUT2D eigenvalue weighted by atomic mass is 9.95. The van der Waals surface area contributed by atoms with Crippen LogP contribution in [0.2, 0.25) is 0 Å². The van der Waals surface area contributed by atoms with Gasteiger partial charge in [-0.3, -0.25) is 4.79 Å². The minimum Gasteiger partial charge on any atom is -0.469 e. The number of hydrogen-bond donors (Lipinski definition) is 1. The fraction of sp³-hybridized carbons (Fsp3) is 0.923. The number of hydrogen-bond acceptors (Lipinski definition) is 4. The molecule has 0 heterocycles. The van der Waals surface area contributed by atoms with Crippen molar-refractivity contribution in [3.63, 3.8) is 0 Å². The van der Waals surface area contributed by atoms with E-state index in [1.165, 1.54) is 7.11 Å². The number of carbonyl (C=O) groups is 1. The van der Waals surface area contributed by atoms with Gasteiger partial charge in [-0.25, -0.2) is 13.1 Å². The Morgan fingerprint density at radius 1 is 1.26 bits per heavy atom. The minimum absolute atomic E-state index is 0.0585. The van der Waals surface area contributed by atoms with E-state index in [0.29, 0.717) is 12.8 Å². The molecule has 112 valence electrons. The molecule has 0 aliphatic heterocycles. The summed E-state index contributed by atoms with van der Waals surface area (Å²) >= 11 is 0. The zero-order valence-electron chi connectivity index (χ0n) is 12.3. The summed E-state index contributed by atoms with van der Waals surface area (Å²) in [6.45, 7) is 5.65. The van der Waals surface area contributed by atoms with E-state index in [2.05, 4.69) is 9.46 Å². The number of methoxy groups -OCH3 is 1. The monoisotopic (exact) mass is 291 g/mol. The Bertz CT molecular complexity index is 416. The number of rotatable bonds is 5. The second-order valence-corrected chi connectivity index (χ2v) is 8.38. The molecule has 0 radical (unpaired) electrons. The van der Waals surface area contributed by atoms with Gasteiger partial charge in [0, 0.05) is 5.54 Å². The maximum atomic E-state index is 12.2. The van der Waals surface area contributed by atoms with Crippen LogP contribution in [0.15, 0.2) is 0 Å². The third kappa shape index (κ3) is 5.48. The molecule has 0 bridgehead atoms.